The molecule has 0 aliphatic heterocycles. The van der Waals surface area contributed by atoms with Crippen LogP contribution in [0.5, 0.6) is 0 Å². The van der Waals surface area contributed by atoms with Gasteiger partial charge in [0.25, 0.3) is 0 Å². The van der Waals surface area contributed by atoms with Gasteiger partial charge in [-0.1, -0.05) is 31.0 Å². The van der Waals surface area contributed by atoms with E-state index < -0.39 is 0 Å². The molecular weight excluding hydrogens is 198 g/mol. The Morgan fingerprint density at radius 3 is 2.62 bits per heavy atom. The lowest BCUT2D eigenvalue weighted by Gasteiger charge is -2.00. The van der Waals surface area contributed by atoms with Crippen molar-refractivity contribution in [2.24, 2.45) is 0 Å². The molecule has 84 valence electrons. The van der Waals surface area contributed by atoms with Crippen LogP contribution < -0.4 is 0 Å². The molecule has 2 rings (SSSR count). The number of rotatable bonds is 4. The third-order valence-electron chi connectivity index (χ3n) is 2.59. The molecule has 0 fully saturated rings. The topological polar surface area (TPSA) is 30.7 Å². The summed E-state index contributed by atoms with van der Waals surface area (Å²) in [4.78, 5) is 4.30. The minimum absolute atomic E-state index is 0.933. The lowest BCUT2D eigenvalue weighted by Crippen LogP contribution is -1.96. The smallest absolute Gasteiger partial charge is 0.151 e. The molecule has 0 N–H and O–H groups in total. The van der Waals surface area contributed by atoms with Crippen LogP contribution in [0, 0.1) is 6.92 Å². The highest BCUT2D eigenvalue weighted by Gasteiger charge is 2.01. The molecular formula is C13H17N3. The molecule has 3 nitrogen and oxygen atoms in total. The summed E-state index contributed by atoms with van der Waals surface area (Å²) in [6.07, 6.45) is 5.09. The number of nitrogens with zero attached hydrogens (tertiary/aromatic N) is 3. The molecule has 0 amide bonds. The van der Waals surface area contributed by atoms with Crippen molar-refractivity contribution in [1.29, 1.82) is 0 Å². The van der Waals surface area contributed by atoms with E-state index in [0.29, 0.717) is 0 Å². The maximum atomic E-state index is 4.45. The fourth-order valence-corrected chi connectivity index (χ4v) is 1.57. The summed E-state index contributed by atoms with van der Waals surface area (Å²) in [5.41, 5.74) is 2.33. The maximum Gasteiger partial charge on any atom is 0.151 e. The van der Waals surface area contributed by atoms with Crippen molar-refractivity contribution in [2.75, 3.05) is 0 Å². The highest BCUT2D eigenvalue weighted by Crippen LogP contribution is 2.08. The first-order chi connectivity index (χ1) is 7.79. The summed E-state index contributed by atoms with van der Waals surface area (Å²) in [6.45, 7) is 4.26. The minimum Gasteiger partial charge on any atom is -0.221 e. The highest BCUT2D eigenvalue weighted by atomic mass is 15.3. The summed E-state index contributed by atoms with van der Waals surface area (Å²) in [5, 5.41) is 4.45. The van der Waals surface area contributed by atoms with Crippen LogP contribution in [0.1, 0.15) is 31.2 Å². The molecule has 0 aliphatic carbocycles. The van der Waals surface area contributed by atoms with Gasteiger partial charge in [0.2, 0.25) is 0 Å². The monoisotopic (exact) mass is 215 g/mol. The van der Waals surface area contributed by atoms with Crippen LogP contribution in [-0.2, 0) is 6.42 Å². The summed E-state index contributed by atoms with van der Waals surface area (Å²) < 4.78 is 1.84. The van der Waals surface area contributed by atoms with E-state index in [-0.39, 0.29) is 0 Å². The van der Waals surface area contributed by atoms with Gasteiger partial charge >= 0.3 is 0 Å². The van der Waals surface area contributed by atoms with Crippen LogP contribution >= 0.6 is 0 Å². The largest absolute Gasteiger partial charge is 0.221 e. The van der Waals surface area contributed by atoms with Crippen LogP contribution in [0.3, 0.4) is 0 Å². The van der Waals surface area contributed by atoms with Crippen molar-refractivity contribution in [3.05, 3.63) is 42.0 Å². The molecule has 0 spiro atoms. The number of aryl methyl sites for hydroxylation is 2. The Hall–Kier alpha value is -1.64. The van der Waals surface area contributed by atoms with Gasteiger partial charge in [-0.15, -0.1) is 0 Å². The van der Waals surface area contributed by atoms with Gasteiger partial charge < -0.3 is 0 Å². The van der Waals surface area contributed by atoms with E-state index in [1.807, 2.05) is 4.68 Å². The molecule has 1 aromatic carbocycles. The first-order valence-corrected chi connectivity index (χ1v) is 5.77. The number of benzene rings is 1. The second kappa shape index (κ2) is 4.92. The Balaban J connectivity index is 2.15. The van der Waals surface area contributed by atoms with Gasteiger partial charge in [-0.25, -0.2) is 9.67 Å². The fraction of sp³-hybridized carbons (Fsp3) is 0.385. The third-order valence-corrected chi connectivity index (χ3v) is 2.59. The van der Waals surface area contributed by atoms with E-state index in [9.17, 15) is 0 Å². The van der Waals surface area contributed by atoms with Crippen molar-refractivity contribution < 1.29 is 0 Å². The van der Waals surface area contributed by atoms with E-state index in [4.69, 9.17) is 0 Å². The van der Waals surface area contributed by atoms with Crippen molar-refractivity contribution in [1.82, 2.24) is 14.8 Å². The zero-order valence-electron chi connectivity index (χ0n) is 9.85. The second-order valence-corrected chi connectivity index (χ2v) is 4.04. The summed E-state index contributed by atoms with van der Waals surface area (Å²) in [6, 6.07) is 8.30. The van der Waals surface area contributed by atoms with E-state index in [2.05, 4.69) is 48.2 Å². The van der Waals surface area contributed by atoms with Crippen LogP contribution in [0.15, 0.2) is 30.6 Å². The SMILES string of the molecule is CCCCc1ncn(-c2ccc(C)cc2)n1. The average Bonchev–Trinajstić information content (AvgIpc) is 2.76. The van der Waals surface area contributed by atoms with E-state index in [0.717, 1.165) is 24.4 Å². The van der Waals surface area contributed by atoms with E-state index in [1.165, 1.54) is 12.0 Å². The lowest BCUT2D eigenvalue weighted by molar-refractivity contribution is 0.741. The molecule has 0 bridgehead atoms. The number of aromatic nitrogens is 3. The molecule has 1 heterocycles. The molecule has 0 aliphatic rings. The minimum atomic E-state index is 0.933. The second-order valence-electron chi connectivity index (χ2n) is 4.04. The molecule has 16 heavy (non-hydrogen) atoms. The van der Waals surface area contributed by atoms with Gasteiger partial charge in [0.15, 0.2) is 5.82 Å². The standard InChI is InChI=1S/C13H17N3/c1-3-4-5-13-14-10-16(15-13)12-8-6-11(2)7-9-12/h6-10H,3-5H2,1-2H3. The van der Waals surface area contributed by atoms with Gasteiger partial charge in [0.05, 0.1) is 5.69 Å². The van der Waals surface area contributed by atoms with Crippen LogP contribution in [0.25, 0.3) is 5.69 Å². The van der Waals surface area contributed by atoms with Crippen molar-refractivity contribution in [2.45, 2.75) is 33.1 Å². The molecule has 1 aromatic heterocycles. The molecule has 0 unspecified atom stereocenters. The Labute approximate surface area is 96.1 Å². The van der Waals surface area contributed by atoms with Crippen molar-refractivity contribution >= 4 is 0 Å². The van der Waals surface area contributed by atoms with Gasteiger partial charge in [-0.3, -0.25) is 0 Å². The molecule has 2 aromatic rings. The van der Waals surface area contributed by atoms with Crippen molar-refractivity contribution in [3.63, 3.8) is 0 Å². The lowest BCUT2D eigenvalue weighted by atomic mass is 10.2. The van der Waals surface area contributed by atoms with Crippen LogP contribution in [0.2, 0.25) is 0 Å². The normalized spacial score (nSPS) is 10.6. The zero-order valence-corrected chi connectivity index (χ0v) is 9.85. The van der Waals surface area contributed by atoms with Gasteiger partial charge in [0, 0.05) is 6.42 Å². The Kier molecular flexibility index (Phi) is 3.34. The third kappa shape index (κ3) is 2.48. The molecule has 0 radical (unpaired) electrons. The maximum absolute atomic E-state index is 4.45. The first-order valence-electron chi connectivity index (χ1n) is 5.77. The Morgan fingerprint density at radius 1 is 1.19 bits per heavy atom. The predicted octanol–water partition coefficient (Wildman–Crippen LogP) is 2.92. The van der Waals surface area contributed by atoms with E-state index >= 15 is 0 Å². The number of hydrogen-bond donors (Lipinski definition) is 0. The summed E-state index contributed by atoms with van der Waals surface area (Å²) in [5.74, 6) is 0.933. The molecule has 3 heteroatoms. The Bertz CT molecular complexity index is 442. The van der Waals surface area contributed by atoms with Gasteiger partial charge in [-0.2, -0.15) is 5.10 Å². The predicted molar refractivity (Wildman–Crippen MR) is 64.7 cm³/mol. The average molecular weight is 215 g/mol. The van der Waals surface area contributed by atoms with Crippen LogP contribution in [-0.4, -0.2) is 14.8 Å². The van der Waals surface area contributed by atoms with Gasteiger partial charge in [-0.05, 0) is 25.5 Å². The number of unbranched alkanes of at least 4 members (excludes halogenated alkanes) is 1. The van der Waals surface area contributed by atoms with Gasteiger partial charge in [0.1, 0.15) is 6.33 Å². The molecule has 0 saturated carbocycles. The summed E-state index contributed by atoms with van der Waals surface area (Å²) in [7, 11) is 0. The molecule has 0 saturated heterocycles. The summed E-state index contributed by atoms with van der Waals surface area (Å²) >= 11 is 0. The van der Waals surface area contributed by atoms with E-state index in [1.54, 1.807) is 6.33 Å². The van der Waals surface area contributed by atoms with Crippen molar-refractivity contribution in [3.8, 4) is 5.69 Å². The zero-order chi connectivity index (χ0) is 11.4. The quantitative estimate of drug-likeness (QED) is 0.785. The highest BCUT2D eigenvalue weighted by molar-refractivity contribution is 5.32. The van der Waals surface area contributed by atoms with Crippen LogP contribution in [0.4, 0.5) is 0 Å². The molecule has 0 atom stereocenters. The fourth-order valence-electron chi connectivity index (χ4n) is 1.57. The number of hydrogen-bond acceptors (Lipinski definition) is 2. The Morgan fingerprint density at radius 2 is 1.94 bits per heavy atom. The first kappa shape index (κ1) is 10.9.